The van der Waals surface area contributed by atoms with E-state index in [1.807, 2.05) is 0 Å². The molecule has 2 saturated heterocycles. The molecule has 2 aromatic rings. The standard InChI is InChI=1S/C20H21F5N6O2/c1-17(2)8-30(9-19(17,21)22)12-5-11(10-6-26-16(33)28-15(10)32)29-31-7-13(27-14(12)31)18(3-4-18)20(23,24)25/h5,7,10H,3-4,6,8-9H2,1-2H3,(H2,26,28,32,33). The van der Waals surface area contributed by atoms with Gasteiger partial charge in [0.05, 0.1) is 35.7 Å². The Kier molecular flexibility index (Phi) is 4.32. The van der Waals surface area contributed by atoms with Crippen molar-refractivity contribution in [3.05, 3.63) is 23.7 Å². The van der Waals surface area contributed by atoms with E-state index in [1.165, 1.54) is 24.8 Å². The molecule has 3 aliphatic rings. The second-order valence-electron chi connectivity index (χ2n) is 9.62. The number of urea groups is 1. The number of rotatable bonds is 3. The van der Waals surface area contributed by atoms with Gasteiger partial charge in [-0.15, -0.1) is 0 Å². The second-order valence-corrected chi connectivity index (χ2v) is 9.62. The molecule has 1 saturated carbocycles. The van der Waals surface area contributed by atoms with E-state index in [0.29, 0.717) is 0 Å². The Morgan fingerprint density at radius 1 is 1.15 bits per heavy atom. The molecule has 2 N–H and O–H groups in total. The van der Waals surface area contributed by atoms with Crippen molar-refractivity contribution in [3.8, 4) is 0 Å². The molecule has 13 heteroatoms. The van der Waals surface area contributed by atoms with E-state index in [9.17, 15) is 31.5 Å². The van der Waals surface area contributed by atoms with Crippen molar-refractivity contribution in [2.75, 3.05) is 24.5 Å². The van der Waals surface area contributed by atoms with E-state index in [0.717, 1.165) is 10.7 Å². The molecule has 178 valence electrons. The summed E-state index contributed by atoms with van der Waals surface area (Å²) in [6, 6.07) is 0.725. The van der Waals surface area contributed by atoms with Crippen LogP contribution in [0, 0.1) is 5.41 Å². The molecule has 2 aliphatic heterocycles. The van der Waals surface area contributed by atoms with Crippen molar-refractivity contribution in [1.82, 2.24) is 25.2 Å². The number of imide groups is 1. The van der Waals surface area contributed by atoms with Crippen LogP contribution in [0.1, 0.15) is 44.0 Å². The molecule has 2 aromatic heterocycles. The zero-order valence-electron chi connectivity index (χ0n) is 17.8. The van der Waals surface area contributed by atoms with Gasteiger partial charge in [-0.3, -0.25) is 10.1 Å². The molecular weight excluding hydrogens is 451 g/mol. The Labute approximate surface area is 184 Å². The molecule has 0 aromatic carbocycles. The van der Waals surface area contributed by atoms with E-state index in [4.69, 9.17) is 0 Å². The Morgan fingerprint density at radius 3 is 2.39 bits per heavy atom. The first-order chi connectivity index (χ1) is 15.2. The second kappa shape index (κ2) is 6.54. The number of nitrogens with one attached hydrogen (secondary N) is 2. The maximum atomic E-state index is 14.6. The first-order valence-electron chi connectivity index (χ1n) is 10.4. The number of amides is 3. The number of carbonyl (C=O) groups is 2. The van der Waals surface area contributed by atoms with Crippen LogP contribution < -0.4 is 15.5 Å². The Balaban J connectivity index is 1.65. The Hall–Kier alpha value is -2.99. The highest BCUT2D eigenvalue weighted by Gasteiger charge is 2.66. The van der Waals surface area contributed by atoms with E-state index in [-0.39, 0.29) is 48.7 Å². The summed E-state index contributed by atoms with van der Waals surface area (Å²) >= 11 is 0. The topological polar surface area (TPSA) is 91.6 Å². The van der Waals surface area contributed by atoms with Gasteiger partial charge in [-0.05, 0) is 18.9 Å². The summed E-state index contributed by atoms with van der Waals surface area (Å²) in [4.78, 5) is 29.3. The fourth-order valence-electron chi connectivity index (χ4n) is 4.47. The quantitative estimate of drug-likeness (QED) is 0.671. The van der Waals surface area contributed by atoms with Crippen LogP contribution in [0.5, 0.6) is 0 Å². The van der Waals surface area contributed by atoms with Crippen LogP contribution in [-0.2, 0) is 10.2 Å². The van der Waals surface area contributed by atoms with Crippen LogP contribution in [0.3, 0.4) is 0 Å². The van der Waals surface area contributed by atoms with Gasteiger partial charge in [0.1, 0.15) is 5.41 Å². The fourth-order valence-corrected chi connectivity index (χ4v) is 4.47. The molecule has 0 radical (unpaired) electrons. The fraction of sp³-hybridized carbons (Fsp3) is 0.600. The largest absolute Gasteiger partial charge is 0.400 e. The molecule has 1 unspecified atom stereocenters. The summed E-state index contributed by atoms with van der Waals surface area (Å²) in [6.45, 7) is 2.02. The average molecular weight is 472 g/mol. The number of imidazole rings is 1. The molecule has 3 fully saturated rings. The van der Waals surface area contributed by atoms with Crippen LogP contribution in [-0.4, -0.2) is 58.3 Å². The van der Waals surface area contributed by atoms with Gasteiger partial charge in [0, 0.05) is 18.5 Å². The zero-order chi connectivity index (χ0) is 24.0. The van der Waals surface area contributed by atoms with Crippen LogP contribution in [0.25, 0.3) is 5.65 Å². The van der Waals surface area contributed by atoms with Crippen molar-refractivity contribution in [2.45, 2.75) is 50.1 Å². The minimum absolute atomic E-state index is 0.0121. The summed E-state index contributed by atoms with van der Waals surface area (Å²) < 4.78 is 71.5. The number of carbonyl (C=O) groups excluding carboxylic acids is 2. The highest BCUT2D eigenvalue weighted by Crippen LogP contribution is 2.58. The van der Waals surface area contributed by atoms with Crippen molar-refractivity contribution >= 4 is 23.3 Å². The molecule has 0 bridgehead atoms. The third kappa shape index (κ3) is 3.22. The third-order valence-corrected chi connectivity index (χ3v) is 6.89. The summed E-state index contributed by atoms with van der Waals surface area (Å²) in [6.07, 6.45) is -3.59. The first kappa shape index (κ1) is 21.8. The minimum Gasteiger partial charge on any atom is -0.362 e. The van der Waals surface area contributed by atoms with Gasteiger partial charge in [0.15, 0.2) is 5.65 Å². The first-order valence-corrected chi connectivity index (χ1v) is 10.4. The number of alkyl halides is 5. The number of aromatic nitrogens is 3. The normalized spacial score (nSPS) is 25.8. The molecule has 5 rings (SSSR count). The monoisotopic (exact) mass is 472 g/mol. The number of hydrogen-bond donors (Lipinski definition) is 2. The van der Waals surface area contributed by atoms with E-state index in [1.54, 1.807) is 0 Å². The molecule has 8 nitrogen and oxygen atoms in total. The third-order valence-electron chi connectivity index (χ3n) is 6.89. The van der Waals surface area contributed by atoms with Gasteiger partial charge in [-0.2, -0.15) is 18.3 Å². The highest BCUT2D eigenvalue weighted by atomic mass is 19.4. The minimum atomic E-state index is -4.51. The number of nitrogens with zero attached hydrogens (tertiary/aromatic N) is 4. The van der Waals surface area contributed by atoms with Gasteiger partial charge in [0.2, 0.25) is 5.91 Å². The predicted molar refractivity (Wildman–Crippen MR) is 105 cm³/mol. The molecular formula is C20H21F5N6O2. The SMILES string of the molecule is CC1(C)CN(c2cc(C3CNC(=O)NC3=O)nn3cc(C4(C(F)(F)F)CC4)nc23)CC1(F)F. The lowest BCUT2D eigenvalue weighted by atomic mass is 9.89. The van der Waals surface area contributed by atoms with Crippen molar-refractivity contribution < 1.29 is 31.5 Å². The smallest absolute Gasteiger partial charge is 0.362 e. The van der Waals surface area contributed by atoms with Crippen molar-refractivity contribution in [3.63, 3.8) is 0 Å². The molecule has 1 aliphatic carbocycles. The van der Waals surface area contributed by atoms with Gasteiger partial charge in [-0.1, -0.05) is 13.8 Å². The van der Waals surface area contributed by atoms with E-state index < -0.39 is 47.3 Å². The van der Waals surface area contributed by atoms with Gasteiger partial charge >= 0.3 is 12.2 Å². The average Bonchev–Trinajstić information content (AvgIpc) is 3.34. The molecule has 0 spiro atoms. The van der Waals surface area contributed by atoms with E-state index in [2.05, 4.69) is 20.7 Å². The lowest BCUT2D eigenvalue weighted by molar-refractivity contribution is -0.161. The van der Waals surface area contributed by atoms with Gasteiger partial charge in [0.25, 0.3) is 5.92 Å². The number of anilines is 1. The van der Waals surface area contributed by atoms with Crippen LogP contribution in [0.15, 0.2) is 12.3 Å². The molecule has 3 amide bonds. The number of fused-ring (bicyclic) bond motifs is 1. The van der Waals surface area contributed by atoms with Crippen LogP contribution in [0.4, 0.5) is 32.4 Å². The number of halogens is 5. The Morgan fingerprint density at radius 2 is 1.85 bits per heavy atom. The van der Waals surface area contributed by atoms with Crippen molar-refractivity contribution in [2.24, 2.45) is 5.41 Å². The lowest BCUT2D eigenvalue weighted by Crippen LogP contribution is -2.51. The summed E-state index contributed by atoms with van der Waals surface area (Å²) in [5, 5.41) is 8.86. The highest BCUT2D eigenvalue weighted by molar-refractivity contribution is 6.00. The summed E-state index contributed by atoms with van der Waals surface area (Å²) in [7, 11) is 0. The van der Waals surface area contributed by atoms with Gasteiger partial charge in [-0.25, -0.2) is 23.1 Å². The lowest BCUT2D eigenvalue weighted by Gasteiger charge is -2.25. The van der Waals surface area contributed by atoms with E-state index >= 15 is 0 Å². The molecule has 33 heavy (non-hydrogen) atoms. The van der Waals surface area contributed by atoms with Crippen LogP contribution in [0.2, 0.25) is 0 Å². The maximum Gasteiger partial charge on any atom is 0.400 e. The van der Waals surface area contributed by atoms with Crippen LogP contribution >= 0.6 is 0 Å². The maximum absolute atomic E-state index is 14.6. The predicted octanol–water partition coefficient (Wildman–Crippen LogP) is 2.73. The van der Waals surface area contributed by atoms with Crippen molar-refractivity contribution in [1.29, 1.82) is 0 Å². The molecule has 4 heterocycles. The van der Waals surface area contributed by atoms with Gasteiger partial charge < -0.3 is 10.2 Å². The Bertz CT molecular complexity index is 1150. The summed E-state index contributed by atoms with van der Waals surface area (Å²) in [5.41, 5.74) is -3.39. The summed E-state index contributed by atoms with van der Waals surface area (Å²) in [5.74, 6) is -4.63. The zero-order valence-corrected chi connectivity index (χ0v) is 17.8. The number of hydrogen-bond acceptors (Lipinski definition) is 5. The molecule has 1 atom stereocenters.